The Labute approximate surface area is 76.2 Å². The van der Waals surface area contributed by atoms with Gasteiger partial charge < -0.3 is 5.11 Å². The predicted molar refractivity (Wildman–Crippen MR) is 52.0 cm³/mol. The molecule has 0 saturated heterocycles. The molecule has 0 spiro atoms. The molecule has 0 heterocycles. The molecule has 0 aliphatic heterocycles. The molecule has 1 aliphatic carbocycles. The standard InChI is InChI=1S/C11H22O/c1-9(8-12)10-4-6-11(2,3)7-5-10/h9-10,12H,4-8H2,1-3H3/t9-/m1/s1. The molecule has 1 heteroatoms. The van der Waals surface area contributed by atoms with Gasteiger partial charge in [0.2, 0.25) is 0 Å². The largest absolute Gasteiger partial charge is 0.396 e. The summed E-state index contributed by atoms with van der Waals surface area (Å²) in [6, 6.07) is 0. The zero-order valence-corrected chi connectivity index (χ0v) is 8.64. The van der Waals surface area contributed by atoms with Gasteiger partial charge in [0.1, 0.15) is 0 Å². The Kier molecular flexibility index (Phi) is 3.16. The minimum absolute atomic E-state index is 0.366. The third-order valence-electron chi connectivity index (χ3n) is 3.48. The van der Waals surface area contributed by atoms with E-state index in [1.165, 1.54) is 25.7 Å². The van der Waals surface area contributed by atoms with Crippen LogP contribution in [-0.2, 0) is 0 Å². The highest BCUT2D eigenvalue weighted by atomic mass is 16.3. The van der Waals surface area contributed by atoms with E-state index in [9.17, 15) is 0 Å². The fourth-order valence-electron chi connectivity index (χ4n) is 2.14. The first-order chi connectivity index (χ1) is 5.55. The molecule has 0 unspecified atom stereocenters. The second-order valence-corrected chi connectivity index (χ2v) is 5.16. The van der Waals surface area contributed by atoms with Gasteiger partial charge >= 0.3 is 0 Å². The molecule has 1 atom stereocenters. The van der Waals surface area contributed by atoms with Gasteiger partial charge in [-0.2, -0.15) is 0 Å². The van der Waals surface area contributed by atoms with Gasteiger partial charge in [0.05, 0.1) is 0 Å². The molecular weight excluding hydrogens is 148 g/mol. The first kappa shape index (κ1) is 10.0. The molecule has 0 amide bonds. The Bertz CT molecular complexity index is 130. The molecule has 0 bridgehead atoms. The van der Waals surface area contributed by atoms with Gasteiger partial charge in [-0.1, -0.05) is 20.8 Å². The summed E-state index contributed by atoms with van der Waals surface area (Å²) in [7, 11) is 0. The average molecular weight is 170 g/mol. The van der Waals surface area contributed by atoms with Crippen molar-refractivity contribution in [1.29, 1.82) is 0 Å². The van der Waals surface area contributed by atoms with Crippen LogP contribution < -0.4 is 0 Å². The number of aliphatic hydroxyl groups is 1. The molecule has 1 nitrogen and oxygen atoms in total. The molecule has 1 N–H and O–H groups in total. The van der Waals surface area contributed by atoms with Gasteiger partial charge in [0.15, 0.2) is 0 Å². The van der Waals surface area contributed by atoms with Crippen molar-refractivity contribution in [3.8, 4) is 0 Å². The summed E-state index contributed by atoms with van der Waals surface area (Å²) in [5.41, 5.74) is 0.561. The molecular formula is C11H22O. The lowest BCUT2D eigenvalue weighted by atomic mass is 9.70. The molecule has 0 aromatic heterocycles. The summed E-state index contributed by atoms with van der Waals surface area (Å²) in [5.74, 6) is 1.30. The Hall–Kier alpha value is -0.0400. The van der Waals surface area contributed by atoms with Crippen LogP contribution >= 0.6 is 0 Å². The normalized spacial score (nSPS) is 27.0. The van der Waals surface area contributed by atoms with E-state index in [2.05, 4.69) is 20.8 Å². The summed E-state index contributed by atoms with van der Waals surface area (Å²) in [4.78, 5) is 0. The van der Waals surface area contributed by atoms with Crippen molar-refractivity contribution < 1.29 is 5.11 Å². The number of rotatable bonds is 2. The Morgan fingerprint density at radius 3 is 2.25 bits per heavy atom. The van der Waals surface area contributed by atoms with Crippen molar-refractivity contribution in [2.45, 2.75) is 46.5 Å². The molecule has 72 valence electrons. The molecule has 1 rings (SSSR count). The lowest BCUT2D eigenvalue weighted by molar-refractivity contribution is 0.115. The predicted octanol–water partition coefficient (Wildman–Crippen LogP) is 2.83. The van der Waals surface area contributed by atoms with Gasteiger partial charge in [-0.25, -0.2) is 0 Å². The van der Waals surface area contributed by atoms with E-state index in [1.54, 1.807) is 0 Å². The highest BCUT2D eigenvalue weighted by Crippen LogP contribution is 2.40. The molecule has 1 saturated carbocycles. The highest BCUT2D eigenvalue weighted by molar-refractivity contribution is 4.80. The van der Waals surface area contributed by atoms with E-state index in [0.29, 0.717) is 17.9 Å². The van der Waals surface area contributed by atoms with Crippen LogP contribution in [0.2, 0.25) is 0 Å². The zero-order valence-electron chi connectivity index (χ0n) is 8.64. The molecule has 1 fully saturated rings. The van der Waals surface area contributed by atoms with Crippen LogP contribution in [0, 0.1) is 17.3 Å². The summed E-state index contributed by atoms with van der Waals surface area (Å²) >= 11 is 0. The molecule has 1 aliphatic rings. The number of hydrogen-bond acceptors (Lipinski definition) is 1. The van der Waals surface area contributed by atoms with Gasteiger partial charge in [-0.15, -0.1) is 0 Å². The van der Waals surface area contributed by atoms with E-state index < -0.39 is 0 Å². The lowest BCUT2D eigenvalue weighted by Gasteiger charge is -2.36. The average Bonchev–Trinajstić information content (AvgIpc) is 2.03. The zero-order chi connectivity index (χ0) is 9.19. The van der Waals surface area contributed by atoms with Crippen molar-refractivity contribution in [1.82, 2.24) is 0 Å². The summed E-state index contributed by atoms with van der Waals surface area (Å²) in [5, 5.41) is 9.02. The highest BCUT2D eigenvalue weighted by Gasteiger charge is 2.28. The van der Waals surface area contributed by atoms with Gasteiger partial charge in [-0.3, -0.25) is 0 Å². The van der Waals surface area contributed by atoms with Crippen LogP contribution in [0.3, 0.4) is 0 Å². The van der Waals surface area contributed by atoms with Crippen LogP contribution in [-0.4, -0.2) is 11.7 Å². The summed E-state index contributed by atoms with van der Waals surface area (Å²) in [6.45, 7) is 7.24. The van der Waals surface area contributed by atoms with E-state index in [4.69, 9.17) is 5.11 Å². The smallest absolute Gasteiger partial charge is 0.0459 e. The molecule has 0 radical (unpaired) electrons. The van der Waals surface area contributed by atoms with Crippen LogP contribution in [0.5, 0.6) is 0 Å². The lowest BCUT2D eigenvalue weighted by Crippen LogP contribution is -2.26. The molecule has 0 aromatic rings. The summed E-state index contributed by atoms with van der Waals surface area (Å²) < 4.78 is 0. The number of hydrogen-bond donors (Lipinski definition) is 1. The van der Waals surface area contributed by atoms with E-state index in [-0.39, 0.29) is 0 Å². The Morgan fingerprint density at radius 1 is 1.33 bits per heavy atom. The number of aliphatic hydroxyl groups excluding tert-OH is 1. The maximum atomic E-state index is 9.02. The Balaban J connectivity index is 2.36. The maximum Gasteiger partial charge on any atom is 0.0459 e. The Morgan fingerprint density at radius 2 is 1.83 bits per heavy atom. The quantitative estimate of drug-likeness (QED) is 0.675. The molecule has 0 aromatic carbocycles. The monoisotopic (exact) mass is 170 g/mol. The van der Waals surface area contributed by atoms with Gasteiger partial charge in [-0.05, 0) is 42.9 Å². The first-order valence-corrected chi connectivity index (χ1v) is 5.16. The van der Waals surface area contributed by atoms with E-state index in [1.807, 2.05) is 0 Å². The molecule has 12 heavy (non-hydrogen) atoms. The first-order valence-electron chi connectivity index (χ1n) is 5.16. The van der Waals surface area contributed by atoms with E-state index >= 15 is 0 Å². The minimum Gasteiger partial charge on any atom is -0.396 e. The van der Waals surface area contributed by atoms with Crippen LogP contribution in [0.15, 0.2) is 0 Å². The van der Waals surface area contributed by atoms with Crippen molar-refractivity contribution >= 4 is 0 Å². The van der Waals surface area contributed by atoms with Crippen molar-refractivity contribution in [2.24, 2.45) is 17.3 Å². The minimum atomic E-state index is 0.366. The third kappa shape index (κ3) is 2.48. The van der Waals surface area contributed by atoms with E-state index in [0.717, 1.165) is 5.92 Å². The maximum absolute atomic E-state index is 9.02. The second kappa shape index (κ2) is 3.78. The second-order valence-electron chi connectivity index (χ2n) is 5.16. The summed E-state index contributed by atoms with van der Waals surface area (Å²) in [6.07, 6.45) is 5.30. The van der Waals surface area contributed by atoms with Crippen LogP contribution in [0.1, 0.15) is 46.5 Å². The topological polar surface area (TPSA) is 20.2 Å². The van der Waals surface area contributed by atoms with Crippen molar-refractivity contribution in [2.75, 3.05) is 6.61 Å². The SMILES string of the molecule is C[C@H](CO)C1CCC(C)(C)CC1. The van der Waals surface area contributed by atoms with Crippen molar-refractivity contribution in [3.63, 3.8) is 0 Å². The van der Waals surface area contributed by atoms with Crippen molar-refractivity contribution in [3.05, 3.63) is 0 Å². The van der Waals surface area contributed by atoms with Crippen LogP contribution in [0.25, 0.3) is 0 Å². The van der Waals surface area contributed by atoms with Gasteiger partial charge in [0.25, 0.3) is 0 Å². The fourth-order valence-corrected chi connectivity index (χ4v) is 2.14. The van der Waals surface area contributed by atoms with Crippen LogP contribution in [0.4, 0.5) is 0 Å². The third-order valence-corrected chi connectivity index (χ3v) is 3.48. The van der Waals surface area contributed by atoms with Gasteiger partial charge in [0, 0.05) is 6.61 Å². The fraction of sp³-hybridized carbons (Fsp3) is 1.00.